The third-order valence-corrected chi connectivity index (χ3v) is 6.96. The first kappa shape index (κ1) is 25.4. The number of aromatic nitrogens is 1. The predicted molar refractivity (Wildman–Crippen MR) is 134 cm³/mol. The molecule has 1 saturated carbocycles. The van der Waals surface area contributed by atoms with Gasteiger partial charge in [-0.15, -0.1) is 0 Å². The van der Waals surface area contributed by atoms with Crippen LogP contribution in [-0.4, -0.2) is 44.8 Å². The molecule has 0 aliphatic heterocycles. The lowest BCUT2D eigenvalue weighted by molar-refractivity contribution is -0.145. The van der Waals surface area contributed by atoms with Crippen molar-refractivity contribution in [3.63, 3.8) is 0 Å². The fraction of sp³-hybridized carbons (Fsp3) is 0.556. The Labute approximate surface area is 203 Å². The standard InChI is InChI=1S/C27H38ClN3O2/c1-20(2)27(33)30(21(3)4)19-26(32)31(23-12-6-5-7-13-23)18-24-14-10-16-29(24)17-22-11-8-9-15-25(22)28/h8-11,14-16,20-21,23H,5-7,12-13,17-19H2,1-4H3. The van der Waals surface area contributed by atoms with Crippen LogP contribution in [0.2, 0.25) is 5.02 Å². The van der Waals surface area contributed by atoms with Gasteiger partial charge in [-0.1, -0.05) is 62.9 Å². The highest BCUT2D eigenvalue weighted by molar-refractivity contribution is 6.31. The van der Waals surface area contributed by atoms with Crippen molar-refractivity contribution in [2.45, 2.75) is 85.0 Å². The number of amides is 2. The number of hydrogen-bond acceptors (Lipinski definition) is 2. The molecule has 3 rings (SSSR count). The lowest BCUT2D eigenvalue weighted by Crippen LogP contribution is -2.50. The van der Waals surface area contributed by atoms with Crippen LogP contribution in [0.25, 0.3) is 0 Å². The molecule has 2 aromatic rings. The summed E-state index contributed by atoms with van der Waals surface area (Å²) < 4.78 is 2.17. The maximum atomic E-state index is 13.6. The van der Waals surface area contributed by atoms with Gasteiger partial charge < -0.3 is 14.4 Å². The summed E-state index contributed by atoms with van der Waals surface area (Å²) in [4.78, 5) is 30.2. The van der Waals surface area contributed by atoms with Crippen LogP contribution < -0.4 is 0 Å². The van der Waals surface area contributed by atoms with Crippen molar-refractivity contribution in [1.29, 1.82) is 0 Å². The van der Waals surface area contributed by atoms with Gasteiger partial charge in [-0.2, -0.15) is 0 Å². The SMILES string of the molecule is CC(C)C(=O)N(CC(=O)N(Cc1cccn1Cc1ccccc1Cl)C1CCCCC1)C(C)C. The summed E-state index contributed by atoms with van der Waals surface area (Å²) in [6, 6.07) is 12.2. The fourth-order valence-corrected chi connectivity index (χ4v) is 4.82. The molecule has 5 nitrogen and oxygen atoms in total. The van der Waals surface area contributed by atoms with E-state index in [-0.39, 0.29) is 36.4 Å². The number of benzene rings is 1. The minimum absolute atomic E-state index is 0.0128. The Balaban J connectivity index is 1.82. The Morgan fingerprint density at radius 2 is 1.73 bits per heavy atom. The minimum atomic E-state index is -0.129. The van der Waals surface area contributed by atoms with E-state index in [1.165, 1.54) is 6.42 Å². The van der Waals surface area contributed by atoms with Gasteiger partial charge in [-0.05, 0) is 50.5 Å². The third-order valence-electron chi connectivity index (χ3n) is 6.60. The lowest BCUT2D eigenvalue weighted by atomic mass is 9.94. The largest absolute Gasteiger partial charge is 0.345 e. The molecule has 33 heavy (non-hydrogen) atoms. The van der Waals surface area contributed by atoms with Crippen molar-refractivity contribution < 1.29 is 9.59 Å². The Morgan fingerprint density at radius 1 is 1.03 bits per heavy atom. The van der Waals surface area contributed by atoms with Crippen molar-refractivity contribution >= 4 is 23.4 Å². The summed E-state index contributed by atoms with van der Waals surface area (Å²) in [6.45, 7) is 9.09. The maximum Gasteiger partial charge on any atom is 0.242 e. The second kappa shape index (κ2) is 11.7. The quantitative estimate of drug-likeness (QED) is 0.467. The van der Waals surface area contributed by atoms with Gasteiger partial charge in [0.25, 0.3) is 0 Å². The van der Waals surface area contributed by atoms with E-state index < -0.39 is 0 Å². The van der Waals surface area contributed by atoms with Crippen LogP contribution in [0.4, 0.5) is 0 Å². The topological polar surface area (TPSA) is 45.6 Å². The Morgan fingerprint density at radius 3 is 2.36 bits per heavy atom. The molecule has 1 aromatic carbocycles. The van der Waals surface area contributed by atoms with Crippen LogP contribution in [0.1, 0.15) is 71.1 Å². The zero-order valence-corrected chi connectivity index (χ0v) is 21.2. The molecule has 0 N–H and O–H groups in total. The first-order valence-corrected chi connectivity index (χ1v) is 12.6. The first-order chi connectivity index (χ1) is 15.8. The number of halogens is 1. The van der Waals surface area contributed by atoms with Gasteiger partial charge in [0.05, 0.1) is 6.54 Å². The van der Waals surface area contributed by atoms with E-state index in [4.69, 9.17) is 11.6 Å². The first-order valence-electron chi connectivity index (χ1n) is 12.2. The van der Waals surface area contributed by atoms with Crippen LogP contribution in [0.15, 0.2) is 42.6 Å². The van der Waals surface area contributed by atoms with Gasteiger partial charge in [0.1, 0.15) is 6.54 Å². The zero-order valence-electron chi connectivity index (χ0n) is 20.5. The highest BCUT2D eigenvalue weighted by Crippen LogP contribution is 2.26. The van der Waals surface area contributed by atoms with Crippen LogP contribution in [0.3, 0.4) is 0 Å². The molecule has 1 aromatic heterocycles. The third kappa shape index (κ3) is 6.63. The highest BCUT2D eigenvalue weighted by atomic mass is 35.5. The fourth-order valence-electron chi connectivity index (χ4n) is 4.63. The molecule has 1 heterocycles. The summed E-state index contributed by atoms with van der Waals surface area (Å²) in [5, 5.41) is 0.747. The smallest absolute Gasteiger partial charge is 0.242 e. The van der Waals surface area contributed by atoms with Crippen molar-refractivity contribution in [3.8, 4) is 0 Å². The molecule has 0 bridgehead atoms. The summed E-state index contributed by atoms with van der Waals surface area (Å²) in [5.41, 5.74) is 2.14. The van der Waals surface area contributed by atoms with E-state index in [1.807, 2.05) is 69.1 Å². The van der Waals surface area contributed by atoms with Gasteiger partial charge in [-0.3, -0.25) is 9.59 Å². The lowest BCUT2D eigenvalue weighted by Gasteiger charge is -2.37. The number of carbonyl (C=O) groups is 2. The van der Waals surface area contributed by atoms with Crippen LogP contribution in [-0.2, 0) is 22.7 Å². The number of carbonyl (C=O) groups excluding carboxylic acids is 2. The number of nitrogens with zero attached hydrogens (tertiary/aromatic N) is 3. The maximum absolute atomic E-state index is 13.6. The van der Waals surface area contributed by atoms with Gasteiger partial charge in [-0.25, -0.2) is 0 Å². The van der Waals surface area contributed by atoms with E-state index in [1.54, 1.807) is 4.90 Å². The molecule has 1 fully saturated rings. The Hall–Kier alpha value is -2.27. The molecule has 0 atom stereocenters. The summed E-state index contributed by atoms with van der Waals surface area (Å²) in [7, 11) is 0. The Kier molecular flexibility index (Phi) is 9.02. The summed E-state index contributed by atoms with van der Waals surface area (Å²) in [5.74, 6) is -0.0599. The normalized spacial score (nSPS) is 14.6. The molecular weight excluding hydrogens is 434 g/mol. The van der Waals surface area contributed by atoms with E-state index >= 15 is 0 Å². The molecule has 0 saturated heterocycles. The molecule has 0 spiro atoms. The van der Waals surface area contributed by atoms with E-state index in [0.29, 0.717) is 13.1 Å². The molecule has 2 amide bonds. The average Bonchev–Trinajstić information content (AvgIpc) is 3.23. The molecule has 0 radical (unpaired) electrons. The van der Waals surface area contributed by atoms with Crippen LogP contribution in [0, 0.1) is 5.92 Å². The second-order valence-corrected chi connectivity index (χ2v) is 10.2. The summed E-state index contributed by atoms with van der Waals surface area (Å²) >= 11 is 6.40. The van der Waals surface area contributed by atoms with Crippen molar-refractivity contribution in [2.75, 3.05) is 6.54 Å². The number of hydrogen-bond donors (Lipinski definition) is 0. The van der Waals surface area contributed by atoms with Crippen molar-refractivity contribution in [2.24, 2.45) is 5.92 Å². The van der Waals surface area contributed by atoms with Crippen LogP contribution in [0.5, 0.6) is 0 Å². The predicted octanol–water partition coefficient (Wildman–Crippen LogP) is 5.74. The molecule has 180 valence electrons. The van der Waals surface area contributed by atoms with Crippen molar-refractivity contribution in [1.82, 2.24) is 14.4 Å². The Bertz CT molecular complexity index is 931. The van der Waals surface area contributed by atoms with Crippen molar-refractivity contribution in [3.05, 3.63) is 58.9 Å². The van der Waals surface area contributed by atoms with Gasteiger partial charge in [0.2, 0.25) is 11.8 Å². The number of rotatable bonds is 9. The molecule has 0 unspecified atom stereocenters. The van der Waals surface area contributed by atoms with Gasteiger partial charge >= 0.3 is 0 Å². The molecular formula is C27H38ClN3O2. The average molecular weight is 472 g/mol. The molecule has 1 aliphatic carbocycles. The molecule has 1 aliphatic rings. The van der Waals surface area contributed by atoms with Gasteiger partial charge in [0, 0.05) is 41.5 Å². The van der Waals surface area contributed by atoms with E-state index in [2.05, 4.69) is 10.6 Å². The monoisotopic (exact) mass is 471 g/mol. The highest BCUT2D eigenvalue weighted by Gasteiger charge is 2.30. The molecule has 6 heteroatoms. The summed E-state index contributed by atoms with van der Waals surface area (Å²) in [6.07, 6.45) is 7.62. The van der Waals surface area contributed by atoms with E-state index in [9.17, 15) is 9.59 Å². The van der Waals surface area contributed by atoms with E-state index in [0.717, 1.165) is 42.0 Å². The second-order valence-electron chi connectivity index (χ2n) is 9.75. The minimum Gasteiger partial charge on any atom is -0.345 e. The van der Waals surface area contributed by atoms with Gasteiger partial charge in [0.15, 0.2) is 0 Å². The van der Waals surface area contributed by atoms with Crippen LogP contribution >= 0.6 is 11.6 Å². The zero-order chi connectivity index (χ0) is 24.0.